The van der Waals surface area contributed by atoms with Gasteiger partial charge in [-0.15, -0.1) is 0 Å². The lowest BCUT2D eigenvalue weighted by Crippen LogP contribution is -2.43. The maximum absolute atomic E-state index is 13.3. The van der Waals surface area contributed by atoms with Gasteiger partial charge in [-0.2, -0.15) is 0 Å². The van der Waals surface area contributed by atoms with Gasteiger partial charge in [-0.3, -0.25) is 4.79 Å². The van der Waals surface area contributed by atoms with Crippen LogP contribution >= 0.6 is 11.8 Å². The Morgan fingerprint density at radius 2 is 2.00 bits per heavy atom. The first kappa shape index (κ1) is 18.8. The van der Waals surface area contributed by atoms with Crippen molar-refractivity contribution in [3.05, 3.63) is 45.7 Å². The summed E-state index contributed by atoms with van der Waals surface area (Å²) in [5.74, 6) is 1.57. The van der Waals surface area contributed by atoms with Crippen molar-refractivity contribution in [1.82, 2.24) is 9.97 Å². The quantitative estimate of drug-likeness (QED) is 0.408. The lowest BCUT2D eigenvalue weighted by Gasteiger charge is -2.43. The molecule has 2 aliphatic carbocycles. The molecule has 3 nitrogen and oxygen atoms in total. The van der Waals surface area contributed by atoms with Crippen LogP contribution in [0.2, 0.25) is 0 Å². The number of fused-ring (bicyclic) bond motifs is 3. The maximum Gasteiger partial charge on any atom is 0.255 e. The average molecular weight is 383 g/mol. The molecule has 0 radical (unpaired) electrons. The molecular weight excluding hydrogens is 352 g/mol. The van der Waals surface area contributed by atoms with Crippen molar-refractivity contribution in [1.29, 1.82) is 0 Å². The number of thioether (sulfide) groups is 1. The number of hydrogen-bond donors (Lipinski definition) is 1. The van der Waals surface area contributed by atoms with Crippen molar-refractivity contribution in [2.75, 3.05) is 5.75 Å². The molecule has 144 valence electrons. The predicted octanol–water partition coefficient (Wildman–Crippen LogP) is 5.72. The van der Waals surface area contributed by atoms with Gasteiger partial charge in [0.15, 0.2) is 5.16 Å². The summed E-state index contributed by atoms with van der Waals surface area (Å²) in [6, 6.07) is 8.56. The molecule has 1 atom stereocenters. The summed E-state index contributed by atoms with van der Waals surface area (Å²) in [6.45, 7) is 4.51. The fourth-order valence-electron chi connectivity index (χ4n) is 5.04. The van der Waals surface area contributed by atoms with Gasteiger partial charge in [-0.25, -0.2) is 4.98 Å². The summed E-state index contributed by atoms with van der Waals surface area (Å²) < 4.78 is 0. The monoisotopic (exact) mass is 382 g/mol. The molecule has 1 unspecified atom stereocenters. The maximum atomic E-state index is 13.3. The smallest absolute Gasteiger partial charge is 0.255 e. The Bertz CT molecular complexity index is 869. The number of aromatic nitrogens is 2. The van der Waals surface area contributed by atoms with Gasteiger partial charge in [-0.1, -0.05) is 75.6 Å². The number of benzene rings is 1. The number of nitrogens with one attached hydrogen (secondary N) is 1. The molecule has 4 rings (SSSR count). The summed E-state index contributed by atoms with van der Waals surface area (Å²) in [5, 5.41) is 0.773. The van der Waals surface area contributed by atoms with Gasteiger partial charge in [0.1, 0.15) is 0 Å². The Morgan fingerprint density at radius 3 is 2.78 bits per heavy atom. The first-order valence-electron chi connectivity index (χ1n) is 10.5. The number of rotatable bonds is 5. The Morgan fingerprint density at radius 1 is 1.22 bits per heavy atom. The summed E-state index contributed by atoms with van der Waals surface area (Å²) in [4.78, 5) is 21.4. The van der Waals surface area contributed by atoms with Gasteiger partial charge in [0, 0.05) is 16.7 Å². The van der Waals surface area contributed by atoms with E-state index in [1.807, 2.05) is 0 Å². The van der Waals surface area contributed by atoms with E-state index in [4.69, 9.17) is 4.98 Å². The third-order valence-corrected chi connectivity index (χ3v) is 7.50. The van der Waals surface area contributed by atoms with Gasteiger partial charge in [0.25, 0.3) is 5.56 Å². The average Bonchev–Trinajstić information content (AvgIpc) is 2.68. The van der Waals surface area contributed by atoms with Crippen LogP contribution in [0.1, 0.15) is 69.9 Å². The minimum absolute atomic E-state index is 0.0848. The number of aromatic amines is 1. The van der Waals surface area contributed by atoms with Gasteiger partial charge < -0.3 is 4.98 Å². The van der Waals surface area contributed by atoms with Crippen LogP contribution in [0.4, 0.5) is 0 Å². The van der Waals surface area contributed by atoms with Crippen LogP contribution in [0.15, 0.2) is 34.2 Å². The van der Waals surface area contributed by atoms with Crippen LogP contribution < -0.4 is 5.56 Å². The number of hydrogen-bond acceptors (Lipinski definition) is 3. The van der Waals surface area contributed by atoms with E-state index < -0.39 is 0 Å². The molecule has 0 amide bonds. The Kier molecular flexibility index (Phi) is 5.45. The molecule has 1 N–H and O–H groups in total. The van der Waals surface area contributed by atoms with Gasteiger partial charge in [0.2, 0.25) is 0 Å². The van der Waals surface area contributed by atoms with E-state index in [0.29, 0.717) is 5.92 Å². The first-order chi connectivity index (χ1) is 13.1. The summed E-state index contributed by atoms with van der Waals surface area (Å²) in [7, 11) is 0. The molecule has 2 aromatic rings. The Labute approximate surface area is 166 Å². The van der Waals surface area contributed by atoms with Gasteiger partial charge in [0.05, 0.1) is 11.3 Å². The van der Waals surface area contributed by atoms with E-state index in [2.05, 4.69) is 43.1 Å². The van der Waals surface area contributed by atoms with Gasteiger partial charge >= 0.3 is 0 Å². The van der Waals surface area contributed by atoms with E-state index in [9.17, 15) is 4.79 Å². The van der Waals surface area contributed by atoms with Crippen LogP contribution in [-0.2, 0) is 11.8 Å². The van der Waals surface area contributed by atoms with E-state index in [0.717, 1.165) is 47.0 Å². The van der Waals surface area contributed by atoms with E-state index in [1.54, 1.807) is 11.8 Å². The van der Waals surface area contributed by atoms with Crippen molar-refractivity contribution in [3.8, 4) is 11.3 Å². The zero-order valence-corrected chi connectivity index (χ0v) is 17.3. The zero-order chi connectivity index (χ0) is 18.9. The minimum atomic E-state index is -0.114. The lowest BCUT2D eigenvalue weighted by molar-refractivity contribution is 0.213. The summed E-state index contributed by atoms with van der Waals surface area (Å²) in [5.41, 5.74) is 4.35. The lowest BCUT2D eigenvalue weighted by atomic mass is 9.60. The van der Waals surface area contributed by atoms with Crippen molar-refractivity contribution >= 4 is 11.8 Å². The second-order valence-corrected chi connectivity index (χ2v) is 9.47. The highest BCUT2D eigenvalue weighted by Crippen LogP contribution is 2.48. The van der Waals surface area contributed by atoms with Crippen molar-refractivity contribution in [3.63, 3.8) is 0 Å². The topological polar surface area (TPSA) is 45.8 Å². The summed E-state index contributed by atoms with van der Waals surface area (Å²) in [6.07, 6.45) is 9.61. The SMILES string of the molecule is CCCCSc1nc2c(c(=O)[nH]1)C(C)(C1CCCCC1)Cc1ccccc1-2. The molecule has 0 aliphatic heterocycles. The molecule has 1 saturated carbocycles. The van der Waals surface area contributed by atoms with Crippen LogP contribution in [0.5, 0.6) is 0 Å². The number of H-pyrrole nitrogens is 1. The van der Waals surface area contributed by atoms with Crippen LogP contribution in [-0.4, -0.2) is 15.7 Å². The molecule has 1 fully saturated rings. The highest BCUT2D eigenvalue weighted by molar-refractivity contribution is 7.99. The number of nitrogens with zero attached hydrogens (tertiary/aromatic N) is 1. The van der Waals surface area contributed by atoms with Crippen molar-refractivity contribution in [2.45, 2.75) is 75.8 Å². The Balaban J connectivity index is 1.83. The molecule has 1 aromatic heterocycles. The summed E-state index contributed by atoms with van der Waals surface area (Å²) >= 11 is 1.68. The normalized spacial score (nSPS) is 22.3. The van der Waals surface area contributed by atoms with Crippen LogP contribution in [0, 0.1) is 5.92 Å². The highest BCUT2D eigenvalue weighted by Gasteiger charge is 2.44. The van der Waals surface area contributed by atoms with Crippen molar-refractivity contribution in [2.24, 2.45) is 5.92 Å². The molecule has 0 bridgehead atoms. The molecule has 2 aliphatic rings. The van der Waals surface area contributed by atoms with Crippen molar-refractivity contribution < 1.29 is 0 Å². The molecule has 0 spiro atoms. The molecule has 1 aromatic carbocycles. The van der Waals surface area contributed by atoms with E-state index in [-0.39, 0.29) is 11.0 Å². The Hall–Kier alpha value is -1.55. The number of unbranched alkanes of at least 4 members (excludes halogenated alkanes) is 1. The van der Waals surface area contributed by atoms with Crippen LogP contribution in [0.25, 0.3) is 11.3 Å². The van der Waals surface area contributed by atoms with Crippen LogP contribution in [0.3, 0.4) is 0 Å². The fourth-order valence-corrected chi connectivity index (χ4v) is 5.98. The zero-order valence-electron chi connectivity index (χ0n) is 16.5. The molecular formula is C23H30N2OS. The van der Waals surface area contributed by atoms with Gasteiger partial charge in [-0.05, 0) is 37.2 Å². The van der Waals surface area contributed by atoms with E-state index >= 15 is 0 Å². The largest absolute Gasteiger partial charge is 0.301 e. The molecule has 1 heterocycles. The standard InChI is InChI=1S/C23H30N2OS/c1-3-4-14-27-22-24-20-18-13-9-8-10-16(18)15-23(2,19(20)21(26)25-22)17-11-6-5-7-12-17/h8-10,13,17H,3-7,11-12,14-15H2,1-2H3,(H,24,25,26). The second-order valence-electron chi connectivity index (χ2n) is 8.38. The van der Waals surface area contributed by atoms with E-state index in [1.165, 1.54) is 37.7 Å². The fraction of sp³-hybridized carbons (Fsp3) is 0.565. The molecule has 0 saturated heterocycles. The first-order valence-corrected chi connectivity index (χ1v) is 11.5. The predicted molar refractivity (Wildman–Crippen MR) is 114 cm³/mol. The molecule has 4 heteroatoms. The second kappa shape index (κ2) is 7.83. The molecule has 27 heavy (non-hydrogen) atoms. The minimum Gasteiger partial charge on any atom is -0.301 e. The highest BCUT2D eigenvalue weighted by atomic mass is 32.2. The third kappa shape index (κ3) is 3.49. The third-order valence-electron chi connectivity index (χ3n) is 6.54.